The average molecular weight is 276 g/mol. The van der Waals surface area contributed by atoms with Crippen molar-refractivity contribution in [1.82, 2.24) is 24.7 Å². The average Bonchev–Trinajstić information content (AvgIpc) is 2.83. The number of nitrogens with zero attached hydrogens (tertiary/aromatic N) is 5. The SMILES string of the molecule is CC(C)c1ncc(NN)c(C(=O)Nc2ncnn2C)n1. The van der Waals surface area contributed by atoms with Gasteiger partial charge in [-0.05, 0) is 0 Å². The van der Waals surface area contributed by atoms with Crippen molar-refractivity contribution in [3.05, 3.63) is 24.0 Å². The van der Waals surface area contributed by atoms with E-state index >= 15 is 0 Å². The van der Waals surface area contributed by atoms with E-state index in [0.29, 0.717) is 17.5 Å². The summed E-state index contributed by atoms with van der Waals surface area (Å²) in [4.78, 5) is 24.5. The monoisotopic (exact) mass is 276 g/mol. The van der Waals surface area contributed by atoms with Gasteiger partial charge in [0.05, 0.1) is 11.9 Å². The van der Waals surface area contributed by atoms with Gasteiger partial charge in [0.25, 0.3) is 5.91 Å². The Balaban J connectivity index is 2.32. The second kappa shape index (κ2) is 5.61. The zero-order chi connectivity index (χ0) is 14.7. The lowest BCUT2D eigenvalue weighted by atomic mass is 10.2. The van der Waals surface area contributed by atoms with E-state index in [2.05, 4.69) is 30.8 Å². The molecule has 9 nitrogen and oxygen atoms in total. The molecule has 0 aromatic carbocycles. The van der Waals surface area contributed by atoms with Crippen molar-refractivity contribution in [2.75, 3.05) is 10.7 Å². The second-order valence-corrected chi connectivity index (χ2v) is 4.45. The molecule has 2 heterocycles. The van der Waals surface area contributed by atoms with Crippen LogP contribution in [0.1, 0.15) is 36.1 Å². The molecule has 20 heavy (non-hydrogen) atoms. The van der Waals surface area contributed by atoms with E-state index < -0.39 is 5.91 Å². The zero-order valence-corrected chi connectivity index (χ0v) is 11.5. The van der Waals surface area contributed by atoms with E-state index in [1.54, 1.807) is 7.05 Å². The summed E-state index contributed by atoms with van der Waals surface area (Å²) < 4.78 is 1.44. The summed E-state index contributed by atoms with van der Waals surface area (Å²) in [5, 5.41) is 6.48. The van der Waals surface area contributed by atoms with Crippen molar-refractivity contribution in [2.45, 2.75) is 19.8 Å². The van der Waals surface area contributed by atoms with E-state index in [1.807, 2.05) is 13.8 Å². The standard InChI is InChI=1S/C11H16N8O/c1-6(2)9-13-4-7(18-12)8(16-9)10(20)17-11-14-5-15-19(11)3/h4-6,18H,12H2,1-3H3,(H,14,15,17,20). The van der Waals surface area contributed by atoms with Gasteiger partial charge in [0, 0.05) is 13.0 Å². The number of rotatable bonds is 4. The molecule has 106 valence electrons. The van der Waals surface area contributed by atoms with Crippen molar-refractivity contribution >= 4 is 17.5 Å². The van der Waals surface area contributed by atoms with E-state index in [4.69, 9.17) is 5.84 Å². The van der Waals surface area contributed by atoms with Crippen molar-refractivity contribution in [3.8, 4) is 0 Å². The number of nitrogens with two attached hydrogens (primary N) is 1. The topological polar surface area (TPSA) is 124 Å². The molecule has 2 rings (SSSR count). The number of hydrogen-bond acceptors (Lipinski definition) is 7. The van der Waals surface area contributed by atoms with Crippen LogP contribution in [0.25, 0.3) is 0 Å². The molecule has 0 aliphatic rings. The van der Waals surface area contributed by atoms with E-state index in [0.717, 1.165) is 0 Å². The molecule has 0 saturated carbocycles. The smallest absolute Gasteiger partial charge is 0.278 e. The number of aromatic nitrogens is 5. The molecular weight excluding hydrogens is 260 g/mol. The maximum atomic E-state index is 12.2. The van der Waals surface area contributed by atoms with Crippen LogP contribution in [-0.4, -0.2) is 30.6 Å². The molecule has 0 aliphatic carbocycles. The molecule has 0 unspecified atom stereocenters. The number of aryl methyl sites for hydroxylation is 1. The number of anilines is 2. The molecule has 0 aliphatic heterocycles. The minimum Gasteiger partial charge on any atom is -0.321 e. The van der Waals surface area contributed by atoms with Crippen molar-refractivity contribution in [1.29, 1.82) is 0 Å². The van der Waals surface area contributed by atoms with Gasteiger partial charge in [-0.2, -0.15) is 10.1 Å². The normalized spacial score (nSPS) is 10.7. The Morgan fingerprint density at radius 3 is 2.70 bits per heavy atom. The third kappa shape index (κ3) is 2.72. The summed E-state index contributed by atoms with van der Waals surface area (Å²) in [6.07, 6.45) is 2.82. The number of hydrogen-bond donors (Lipinski definition) is 3. The van der Waals surface area contributed by atoms with Gasteiger partial charge in [-0.25, -0.2) is 14.6 Å². The van der Waals surface area contributed by atoms with Crippen LogP contribution in [-0.2, 0) is 7.05 Å². The lowest BCUT2D eigenvalue weighted by Gasteiger charge is -2.10. The van der Waals surface area contributed by atoms with Crippen LogP contribution in [0.2, 0.25) is 0 Å². The lowest BCUT2D eigenvalue weighted by molar-refractivity contribution is 0.102. The molecule has 4 N–H and O–H groups in total. The third-order valence-corrected chi connectivity index (χ3v) is 2.63. The summed E-state index contributed by atoms with van der Waals surface area (Å²) >= 11 is 0. The van der Waals surface area contributed by atoms with Crippen LogP contribution in [0, 0.1) is 0 Å². The summed E-state index contributed by atoms with van der Waals surface area (Å²) in [5.74, 6) is 5.93. The Hall–Kier alpha value is -2.55. The van der Waals surface area contributed by atoms with E-state index in [-0.39, 0.29) is 11.6 Å². The summed E-state index contributed by atoms with van der Waals surface area (Å²) in [5.41, 5.74) is 2.91. The molecule has 0 fully saturated rings. The van der Waals surface area contributed by atoms with Crippen molar-refractivity contribution in [3.63, 3.8) is 0 Å². The number of hydrazine groups is 1. The van der Waals surface area contributed by atoms with Crippen LogP contribution < -0.4 is 16.6 Å². The molecule has 2 aromatic heterocycles. The van der Waals surface area contributed by atoms with Crippen molar-refractivity contribution < 1.29 is 4.79 Å². The van der Waals surface area contributed by atoms with Gasteiger partial charge >= 0.3 is 0 Å². The Morgan fingerprint density at radius 1 is 1.40 bits per heavy atom. The van der Waals surface area contributed by atoms with Gasteiger partial charge in [0.15, 0.2) is 5.69 Å². The number of carbonyl (C=O) groups excluding carboxylic acids is 1. The molecule has 1 amide bonds. The van der Waals surface area contributed by atoms with Gasteiger partial charge in [-0.3, -0.25) is 16.0 Å². The van der Waals surface area contributed by atoms with Crippen LogP contribution >= 0.6 is 0 Å². The fraction of sp³-hybridized carbons (Fsp3) is 0.364. The Kier molecular flexibility index (Phi) is 3.89. The predicted molar refractivity (Wildman–Crippen MR) is 72.9 cm³/mol. The van der Waals surface area contributed by atoms with E-state index in [1.165, 1.54) is 17.2 Å². The first-order valence-electron chi connectivity index (χ1n) is 6.01. The van der Waals surface area contributed by atoms with Gasteiger partial charge in [0.1, 0.15) is 12.2 Å². The van der Waals surface area contributed by atoms with Crippen LogP contribution in [0.3, 0.4) is 0 Å². The summed E-state index contributed by atoms with van der Waals surface area (Å²) in [7, 11) is 1.67. The highest BCUT2D eigenvalue weighted by Crippen LogP contribution is 2.16. The number of amides is 1. The molecule has 0 bridgehead atoms. The fourth-order valence-corrected chi connectivity index (χ4v) is 1.52. The van der Waals surface area contributed by atoms with Crippen LogP contribution in [0.4, 0.5) is 11.6 Å². The molecule has 2 aromatic rings. The highest BCUT2D eigenvalue weighted by Gasteiger charge is 2.17. The summed E-state index contributed by atoms with van der Waals surface area (Å²) in [6, 6.07) is 0. The fourth-order valence-electron chi connectivity index (χ4n) is 1.52. The number of carbonyl (C=O) groups is 1. The Labute approximate surface area is 115 Å². The first-order chi connectivity index (χ1) is 9.52. The second-order valence-electron chi connectivity index (χ2n) is 4.45. The van der Waals surface area contributed by atoms with Gasteiger partial charge in [0.2, 0.25) is 5.95 Å². The summed E-state index contributed by atoms with van der Waals surface area (Å²) in [6.45, 7) is 3.88. The highest BCUT2D eigenvalue weighted by molar-refractivity contribution is 6.05. The van der Waals surface area contributed by atoms with Gasteiger partial charge < -0.3 is 5.43 Å². The minimum atomic E-state index is -0.432. The minimum absolute atomic E-state index is 0.100. The Bertz CT molecular complexity index is 621. The maximum absolute atomic E-state index is 12.2. The van der Waals surface area contributed by atoms with Crippen LogP contribution in [0.15, 0.2) is 12.5 Å². The number of nitrogens with one attached hydrogen (secondary N) is 2. The number of nitrogen functional groups attached to an aromatic ring is 1. The van der Waals surface area contributed by atoms with Crippen LogP contribution in [0.5, 0.6) is 0 Å². The first kappa shape index (κ1) is 13.9. The molecule has 9 heteroatoms. The maximum Gasteiger partial charge on any atom is 0.278 e. The molecule has 0 saturated heterocycles. The third-order valence-electron chi connectivity index (χ3n) is 2.63. The van der Waals surface area contributed by atoms with Gasteiger partial charge in [-0.1, -0.05) is 13.8 Å². The first-order valence-corrected chi connectivity index (χ1v) is 6.01. The Morgan fingerprint density at radius 2 is 2.15 bits per heavy atom. The largest absolute Gasteiger partial charge is 0.321 e. The lowest BCUT2D eigenvalue weighted by Crippen LogP contribution is -2.22. The molecule has 0 radical (unpaired) electrons. The molecule has 0 spiro atoms. The predicted octanol–water partition coefficient (Wildman–Crippen LogP) is 0.266. The molecular formula is C11H16N8O. The molecule has 0 atom stereocenters. The van der Waals surface area contributed by atoms with Crippen molar-refractivity contribution in [2.24, 2.45) is 12.9 Å². The highest BCUT2D eigenvalue weighted by atomic mass is 16.2. The zero-order valence-electron chi connectivity index (χ0n) is 11.5. The van der Waals surface area contributed by atoms with Gasteiger partial charge in [-0.15, -0.1) is 0 Å². The van der Waals surface area contributed by atoms with E-state index in [9.17, 15) is 4.79 Å². The quantitative estimate of drug-likeness (QED) is 0.540.